The molecule has 1 aliphatic rings. The van der Waals surface area contributed by atoms with Gasteiger partial charge in [0.15, 0.2) is 9.84 Å². The molecule has 1 rings (SSSR count). The highest BCUT2D eigenvalue weighted by Crippen LogP contribution is 2.17. The van der Waals surface area contributed by atoms with E-state index in [-0.39, 0.29) is 11.5 Å². The summed E-state index contributed by atoms with van der Waals surface area (Å²) in [5.74, 6) is -1.69. The van der Waals surface area contributed by atoms with Crippen LogP contribution < -0.4 is 0 Å². The van der Waals surface area contributed by atoms with Crippen LogP contribution in [0.3, 0.4) is 0 Å². The van der Waals surface area contributed by atoms with Gasteiger partial charge in [0.25, 0.3) is 0 Å². The molecule has 1 heterocycles. The summed E-state index contributed by atoms with van der Waals surface area (Å²) in [7, 11) is -3.06. The first-order chi connectivity index (χ1) is 5.01. The van der Waals surface area contributed by atoms with Crippen LogP contribution in [0.25, 0.3) is 0 Å². The molecule has 0 aliphatic carbocycles. The van der Waals surface area contributed by atoms with Gasteiger partial charge in [-0.05, 0) is 12.8 Å². The van der Waals surface area contributed by atoms with Crippen molar-refractivity contribution in [3.63, 3.8) is 0 Å². The van der Waals surface area contributed by atoms with Gasteiger partial charge in [0.05, 0.1) is 17.4 Å². The predicted octanol–water partition coefficient (Wildman–Crippen LogP) is -0.104. The van der Waals surface area contributed by atoms with E-state index in [1.54, 1.807) is 0 Å². The fraction of sp³-hybridized carbons (Fsp3) is 0.833. The standard InChI is InChI=1S/C6H10O4S/c7-6(8)5-2-1-3-11(9,10)4-5/h5H,1-4H2,(H,7,8). The molecule has 0 aromatic heterocycles. The number of carboxylic acids is 1. The molecule has 11 heavy (non-hydrogen) atoms. The fourth-order valence-corrected chi connectivity index (χ4v) is 2.91. The summed E-state index contributed by atoms with van der Waals surface area (Å²) in [4.78, 5) is 10.4. The smallest absolute Gasteiger partial charge is 0.307 e. The number of hydrogen-bond donors (Lipinski definition) is 1. The summed E-state index contributed by atoms with van der Waals surface area (Å²) in [6.45, 7) is 0. The number of aliphatic carboxylic acids is 1. The predicted molar refractivity (Wildman–Crippen MR) is 39.0 cm³/mol. The third kappa shape index (κ3) is 2.18. The van der Waals surface area contributed by atoms with Gasteiger partial charge in [0, 0.05) is 0 Å². The number of hydrogen-bond acceptors (Lipinski definition) is 3. The highest BCUT2D eigenvalue weighted by Gasteiger charge is 2.29. The van der Waals surface area contributed by atoms with E-state index < -0.39 is 21.7 Å². The molecule has 0 spiro atoms. The molecule has 0 saturated carbocycles. The van der Waals surface area contributed by atoms with Gasteiger partial charge >= 0.3 is 5.97 Å². The van der Waals surface area contributed by atoms with Gasteiger partial charge in [-0.3, -0.25) is 4.79 Å². The molecule has 0 aromatic carbocycles. The molecule has 1 saturated heterocycles. The third-order valence-electron chi connectivity index (χ3n) is 1.81. The topological polar surface area (TPSA) is 71.4 Å². The Kier molecular flexibility index (Phi) is 2.17. The number of carbonyl (C=O) groups is 1. The summed E-state index contributed by atoms with van der Waals surface area (Å²) in [6, 6.07) is 0. The Morgan fingerprint density at radius 2 is 2.09 bits per heavy atom. The van der Waals surface area contributed by atoms with Crippen molar-refractivity contribution < 1.29 is 18.3 Å². The summed E-state index contributed by atoms with van der Waals surface area (Å²) >= 11 is 0. The Bertz CT molecular complexity index is 254. The van der Waals surface area contributed by atoms with Crippen LogP contribution in [-0.4, -0.2) is 31.0 Å². The molecule has 1 N–H and O–H groups in total. The SMILES string of the molecule is O=C(O)C1CCCS(=O)(=O)C1. The van der Waals surface area contributed by atoms with Gasteiger partial charge in [-0.15, -0.1) is 0 Å². The first kappa shape index (κ1) is 8.52. The van der Waals surface area contributed by atoms with E-state index in [0.717, 1.165) is 0 Å². The summed E-state index contributed by atoms with van der Waals surface area (Å²) < 4.78 is 21.8. The minimum absolute atomic E-state index is 0.150. The molecular formula is C6H10O4S. The van der Waals surface area contributed by atoms with Crippen LogP contribution >= 0.6 is 0 Å². The zero-order chi connectivity index (χ0) is 8.48. The van der Waals surface area contributed by atoms with Crippen LogP contribution in [0.2, 0.25) is 0 Å². The zero-order valence-corrected chi connectivity index (χ0v) is 6.80. The van der Waals surface area contributed by atoms with Crippen molar-refractivity contribution in [2.75, 3.05) is 11.5 Å². The second-order valence-electron chi connectivity index (χ2n) is 2.79. The minimum atomic E-state index is -3.06. The van der Waals surface area contributed by atoms with E-state index >= 15 is 0 Å². The van der Waals surface area contributed by atoms with Gasteiger partial charge in [-0.2, -0.15) is 0 Å². The Morgan fingerprint density at radius 1 is 1.45 bits per heavy atom. The Balaban J connectivity index is 2.68. The van der Waals surface area contributed by atoms with Crippen molar-refractivity contribution in [3.8, 4) is 0 Å². The average molecular weight is 178 g/mol. The lowest BCUT2D eigenvalue weighted by atomic mass is 10.1. The summed E-state index contributed by atoms with van der Waals surface area (Å²) in [5.41, 5.74) is 0. The average Bonchev–Trinajstić information content (AvgIpc) is 1.85. The van der Waals surface area contributed by atoms with Crippen LogP contribution in [0.15, 0.2) is 0 Å². The van der Waals surface area contributed by atoms with Crippen LogP contribution in [0, 0.1) is 5.92 Å². The molecule has 1 atom stereocenters. The molecule has 0 bridgehead atoms. The second-order valence-corrected chi connectivity index (χ2v) is 5.02. The van der Waals surface area contributed by atoms with Crippen molar-refractivity contribution in [2.24, 2.45) is 5.92 Å². The Labute approximate surface area is 65.1 Å². The van der Waals surface area contributed by atoms with Crippen LogP contribution in [0.4, 0.5) is 0 Å². The third-order valence-corrected chi connectivity index (χ3v) is 3.63. The largest absolute Gasteiger partial charge is 0.481 e. The monoisotopic (exact) mass is 178 g/mol. The minimum Gasteiger partial charge on any atom is -0.481 e. The van der Waals surface area contributed by atoms with Gasteiger partial charge < -0.3 is 5.11 Å². The van der Waals surface area contributed by atoms with Crippen molar-refractivity contribution in [1.29, 1.82) is 0 Å². The highest BCUT2D eigenvalue weighted by atomic mass is 32.2. The molecule has 1 aliphatic heterocycles. The molecule has 4 nitrogen and oxygen atoms in total. The van der Waals surface area contributed by atoms with Gasteiger partial charge in [0.2, 0.25) is 0 Å². The molecule has 5 heteroatoms. The Hall–Kier alpha value is -0.580. The van der Waals surface area contributed by atoms with Crippen molar-refractivity contribution in [1.82, 2.24) is 0 Å². The van der Waals surface area contributed by atoms with Crippen molar-refractivity contribution >= 4 is 15.8 Å². The van der Waals surface area contributed by atoms with Crippen LogP contribution in [0.5, 0.6) is 0 Å². The van der Waals surface area contributed by atoms with Crippen LogP contribution in [0.1, 0.15) is 12.8 Å². The molecule has 1 fully saturated rings. The lowest BCUT2D eigenvalue weighted by molar-refractivity contribution is -0.141. The zero-order valence-electron chi connectivity index (χ0n) is 5.99. The maximum absolute atomic E-state index is 10.9. The fourth-order valence-electron chi connectivity index (χ4n) is 1.22. The maximum atomic E-state index is 10.9. The molecular weight excluding hydrogens is 168 g/mol. The lowest BCUT2D eigenvalue weighted by Gasteiger charge is -2.17. The number of carboxylic acid groups (broad SMARTS) is 1. The molecule has 0 aromatic rings. The van der Waals surface area contributed by atoms with E-state index in [0.29, 0.717) is 12.8 Å². The highest BCUT2D eigenvalue weighted by molar-refractivity contribution is 7.91. The first-order valence-electron chi connectivity index (χ1n) is 3.44. The van der Waals surface area contributed by atoms with Gasteiger partial charge in [0.1, 0.15) is 0 Å². The lowest BCUT2D eigenvalue weighted by Crippen LogP contribution is -2.30. The first-order valence-corrected chi connectivity index (χ1v) is 5.26. The van der Waals surface area contributed by atoms with E-state index in [2.05, 4.69) is 0 Å². The summed E-state index contributed by atoms with van der Waals surface area (Å²) in [6.07, 6.45) is 0.980. The van der Waals surface area contributed by atoms with Gasteiger partial charge in [-0.1, -0.05) is 0 Å². The molecule has 0 amide bonds. The van der Waals surface area contributed by atoms with E-state index in [1.807, 2.05) is 0 Å². The second kappa shape index (κ2) is 2.81. The van der Waals surface area contributed by atoms with Crippen LogP contribution in [-0.2, 0) is 14.6 Å². The normalized spacial score (nSPS) is 29.6. The maximum Gasteiger partial charge on any atom is 0.307 e. The Morgan fingerprint density at radius 3 is 2.45 bits per heavy atom. The molecule has 64 valence electrons. The quantitative estimate of drug-likeness (QED) is 0.608. The van der Waals surface area contributed by atoms with Crippen molar-refractivity contribution in [2.45, 2.75) is 12.8 Å². The molecule has 1 unspecified atom stereocenters. The number of sulfone groups is 1. The molecule has 0 radical (unpaired) electrons. The number of rotatable bonds is 1. The van der Waals surface area contributed by atoms with Gasteiger partial charge in [-0.25, -0.2) is 8.42 Å². The van der Waals surface area contributed by atoms with E-state index in [1.165, 1.54) is 0 Å². The van der Waals surface area contributed by atoms with Crippen molar-refractivity contribution in [3.05, 3.63) is 0 Å². The van der Waals surface area contributed by atoms with E-state index in [4.69, 9.17) is 5.11 Å². The summed E-state index contributed by atoms with van der Waals surface area (Å²) in [5, 5.41) is 8.51. The van der Waals surface area contributed by atoms with E-state index in [9.17, 15) is 13.2 Å².